The summed E-state index contributed by atoms with van der Waals surface area (Å²) < 4.78 is 45.7. The van der Waals surface area contributed by atoms with Gasteiger partial charge >= 0.3 is 5.97 Å². The van der Waals surface area contributed by atoms with Crippen molar-refractivity contribution in [3.8, 4) is 17.2 Å². The maximum atomic E-state index is 12.9. The van der Waals surface area contributed by atoms with Gasteiger partial charge in [0, 0.05) is 14.1 Å². The van der Waals surface area contributed by atoms with Crippen LogP contribution in [0.25, 0.3) is 0 Å². The number of hydrogen-bond donors (Lipinski definition) is 1. The third kappa shape index (κ3) is 6.26. The van der Waals surface area contributed by atoms with E-state index < -0.39 is 16.0 Å². The predicted octanol–water partition coefficient (Wildman–Crippen LogP) is 3.71. The van der Waals surface area contributed by atoms with Crippen molar-refractivity contribution in [1.82, 2.24) is 4.90 Å². The van der Waals surface area contributed by atoms with Crippen molar-refractivity contribution in [2.45, 2.75) is 11.5 Å². The summed E-state index contributed by atoms with van der Waals surface area (Å²) in [5, 5.41) is 0. The van der Waals surface area contributed by atoms with E-state index in [4.69, 9.17) is 19.9 Å². The van der Waals surface area contributed by atoms with E-state index in [0.29, 0.717) is 18.1 Å². The van der Waals surface area contributed by atoms with Gasteiger partial charge in [0.1, 0.15) is 29.3 Å². The summed E-state index contributed by atoms with van der Waals surface area (Å²) in [5.41, 5.74) is 6.99. The van der Waals surface area contributed by atoms with Crippen LogP contribution in [0.4, 0.5) is 5.69 Å². The maximum Gasteiger partial charge on any atom is 0.337 e. The number of benzene rings is 3. The highest BCUT2D eigenvalue weighted by molar-refractivity contribution is 7.90. The molecule has 0 heterocycles. The fourth-order valence-corrected chi connectivity index (χ4v) is 3.93. The number of nitrogens with zero attached hydrogens (tertiary/aromatic N) is 2. The largest absolute Gasteiger partial charge is 0.489 e. The van der Waals surface area contributed by atoms with Crippen molar-refractivity contribution < 1.29 is 27.4 Å². The molecule has 0 amide bonds. The van der Waals surface area contributed by atoms with Gasteiger partial charge in [0.05, 0.1) is 18.4 Å². The second-order valence-electron chi connectivity index (χ2n) is 7.39. The fraction of sp³-hybridized carbons (Fsp3) is 0.167. The number of anilines is 1. The van der Waals surface area contributed by atoms with Gasteiger partial charge in [0.15, 0.2) is 5.75 Å². The molecule has 9 nitrogen and oxygen atoms in total. The number of nitrogen functional groups attached to an aromatic ring is 1. The Kier molecular flexibility index (Phi) is 7.75. The van der Waals surface area contributed by atoms with Crippen LogP contribution in [-0.2, 0) is 21.4 Å². The molecule has 0 aliphatic rings. The van der Waals surface area contributed by atoms with Crippen LogP contribution in [0.2, 0.25) is 0 Å². The summed E-state index contributed by atoms with van der Waals surface area (Å²) >= 11 is 0. The van der Waals surface area contributed by atoms with Crippen LogP contribution in [0, 0.1) is 0 Å². The average molecular weight is 484 g/mol. The zero-order chi connectivity index (χ0) is 24.7. The molecule has 3 aromatic carbocycles. The van der Waals surface area contributed by atoms with E-state index in [2.05, 4.69) is 4.40 Å². The number of methoxy groups -OCH3 is 1. The normalized spacial score (nSPS) is 11.3. The number of nitrogens with two attached hydrogens (primary N) is 1. The molecule has 0 fully saturated rings. The molecule has 0 saturated carbocycles. The van der Waals surface area contributed by atoms with Gasteiger partial charge < -0.3 is 24.8 Å². The van der Waals surface area contributed by atoms with E-state index in [1.165, 1.54) is 18.1 Å². The van der Waals surface area contributed by atoms with Crippen molar-refractivity contribution >= 4 is 28.0 Å². The molecule has 34 heavy (non-hydrogen) atoms. The molecular weight excluding hydrogens is 458 g/mol. The molecule has 0 saturated heterocycles. The number of hydrogen-bond acceptors (Lipinski definition) is 7. The van der Waals surface area contributed by atoms with Crippen LogP contribution < -0.4 is 15.2 Å². The van der Waals surface area contributed by atoms with Gasteiger partial charge in [-0.1, -0.05) is 30.3 Å². The van der Waals surface area contributed by atoms with Crippen molar-refractivity contribution in [2.24, 2.45) is 4.40 Å². The first kappa shape index (κ1) is 24.6. The van der Waals surface area contributed by atoms with Crippen molar-refractivity contribution in [3.05, 3.63) is 77.9 Å². The predicted molar refractivity (Wildman–Crippen MR) is 129 cm³/mol. The monoisotopic (exact) mass is 483 g/mol. The SMILES string of the molecule is COC(=O)c1cc(N)c(Oc2ccc(OCc3ccccc3)cc2)c(S(=O)(=O)N=CN(C)C)c1. The molecule has 3 aromatic rings. The highest BCUT2D eigenvalue weighted by atomic mass is 32.2. The van der Waals surface area contributed by atoms with Crippen molar-refractivity contribution in [1.29, 1.82) is 0 Å². The third-order valence-electron chi connectivity index (χ3n) is 4.49. The van der Waals surface area contributed by atoms with Gasteiger partial charge in [-0.3, -0.25) is 0 Å². The van der Waals surface area contributed by atoms with E-state index in [0.717, 1.165) is 18.0 Å². The Morgan fingerprint density at radius 3 is 2.29 bits per heavy atom. The van der Waals surface area contributed by atoms with E-state index >= 15 is 0 Å². The number of esters is 1. The zero-order valence-corrected chi connectivity index (χ0v) is 19.8. The van der Waals surface area contributed by atoms with E-state index in [1.807, 2.05) is 30.3 Å². The van der Waals surface area contributed by atoms with Crippen LogP contribution in [-0.4, -0.2) is 46.8 Å². The molecule has 10 heteroatoms. The number of sulfonamides is 1. The Morgan fingerprint density at radius 1 is 1.03 bits per heavy atom. The zero-order valence-electron chi connectivity index (χ0n) is 19.0. The fourth-order valence-electron chi connectivity index (χ4n) is 2.84. The molecular formula is C24H25N3O6S. The summed E-state index contributed by atoms with van der Waals surface area (Å²) in [4.78, 5) is 13.1. The Morgan fingerprint density at radius 2 is 1.68 bits per heavy atom. The average Bonchev–Trinajstić information content (AvgIpc) is 2.83. The molecule has 2 N–H and O–H groups in total. The minimum Gasteiger partial charge on any atom is -0.489 e. The standard InChI is InChI=1S/C24H25N3O6S/c1-27(2)16-26-34(29,30)22-14-18(24(28)31-3)13-21(25)23(22)33-20-11-9-19(10-12-20)32-15-17-7-5-4-6-8-17/h4-14,16H,15,25H2,1-3H3. The number of ether oxygens (including phenoxy) is 3. The molecule has 0 bridgehead atoms. The first-order valence-corrected chi connectivity index (χ1v) is 11.6. The summed E-state index contributed by atoms with van der Waals surface area (Å²) in [5.74, 6) is 0.0268. The topological polar surface area (TPSA) is 121 Å². The minimum absolute atomic E-state index is 0.0457. The van der Waals surface area contributed by atoms with Crippen LogP contribution in [0.15, 0.2) is 76.0 Å². The Labute approximate surface area is 198 Å². The number of carbonyl (C=O) groups is 1. The first-order valence-electron chi connectivity index (χ1n) is 10.1. The summed E-state index contributed by atoms with van der Waals surface area (Å²) in [6, 6.07) is 18.7. The lowest BCUT2D eigenvalue weighted by Gasteiger charge is -2.15. The first-order chi connectivity index (χ1) is 16.2. The quantitative estimate of drug-likeness (QED) is 0.212. The summed E-state index contributed by atoms with van der Waals surface area (Å²) in [6.07, 6.45) is 1.12. The number of rotatable bonds is 9. The molecule has 3 rings (SSSR count). The lowest BCUT2D eigenvalue weighted by Crippen LogP contribution is -2.12. The van der Waals surface area contributed by atoms with E-state index in [1.54, 1.807) is 38.4 Å². The van der Waals surface area contributed by atoms with Crippen molar-refractivity contribution in [2.75, 3.05) is 26.9 Å². The van der Waals surface area contributed by atoms with Gasteiger partial charge in [-0.25, -0.2) is 4.79 Å². The van der Waals surface area contributed by atoms with Crippen LogP contribution >= 0.6 is 0 Å². The van der Waals surface area contributed by atoms with Crippen LogP contribution in [0.1, 0.15) is 15.9 Å². The van der Waals surface area contributed by atoms with Crippen LogP contribution in [0.5, 0.6) is 17.2 Å². The highest BCUT2D eigenvalue weighted by Gasteiger charge is 2.25. The minimum atomic E-state index is -4.25. The van der Waals surface area contributed by atoms with Crippen molar-refractivity contribution in [3.63, 3.8) is 0 Å². The number of carbonyl (C=O) groups excluding carboxylic acids is 1. The Bertz CT molecular complexity index is 1270. The third-order valence-corrected chi connectivity index (χ3v) is 5.72. The second kappa shape index (κ2) is 10.7. The highest BCUT2D eigenvalue weighted by Crippen LogP contribution is 2.37. The second-order valence-corrected chi connectivity index (χ2v) is 8.99. The van der Waals surface area contributed by atoms with E-state index in [9.17, 15) is 13.2 Å². The lowest BCUT2D eigenvalue weighted by atomic mass is 10.2. The molecule has 0 radical (unpaired) electrons. The van der Waals surface area contributed by atoms with Gasteiger partial charge in [0.2, 0.25) is 0 Å². The summed E-state index contributed by atoms with van der Waals surface area (Å²) in [7, 11) is 0.178. The molecule has 0 aliphatic heterocycles. The Balaban J connectivity index is 1.90. The molecule has 0 aliphatic carbocycles. The molecule has 0 aromatic heterocycles. The van der Waals surface area contributed by atoms with Gasteiger partial charge in [-0.15, -0.1) is 4.40 Å². The summed E-state index contributed by atoms with van der Waals surface area (Å²) in [6.45, 7) is 0.398. The van der Waals surface area contributed by atoms with Crippen LogP contribution in [0.3, 0.4) is 0 Å². The molecule has 0 spiro atoms. The van der Waals surface area contributed by atoms with Gasteiger partial charge in [-0.2, -0.15) is 8.42 Å². The van der Waals surface area contributed by atoms with E-state index in [-0.39, 0.29) is 21.9 Å². The molecule has 0 atom stereocenters. The van der Waals surface area contributed by atoms with Gasteiger partial charge in [-0.05, 0) is 42.0 Å². The molecule has 0 unspecified atom stereocenters. The maximum absolute atomic E-state index is 12.9. The lowest BCUT2D eigenvalue weighted by molar-refractivity contribution is 0.0600. The smallest absolute Gasteiger partial charge is 0.337 e. The van der Waals surface area contributed by atoms with Gasteiger partial charge in [0.25, 0.3) is 10.0 Å². The Hall–Kier alpha value is -4.05. The molecule has 178 valence electrons.